The highest BCUT2D eigenvalue weighted by molar-refractivity contribution is 9.10. The standard InChI is InChI=1S/C20H22BrNO/c1-20(17-7-3-2-4-8-17)12-13-22(15-20)19(23)11-10-16-6-5-9-18(21)14-16/h2-9,14H,10-13,15H2,1H3. The average molecular weight is 372 g/mol. The van der Waals surface area contributed by atoms with E-state index in [0.29, 0.717) is 6.42 Å². The second-order valence-corrected chi connectivity index (χ2v) is 7.54. The minimum atomic E-state index is 0.0900. The lowest BCUT2D eigenvalue weighted by atomic mass is 9.82. The number of carbonyl (C=O) groups excluding carboxylic acids is 1. The summed E-state index contributed by atoms with van der Waals surface area (Å²) in [6, 6.07) is 18.8. The van der Waals surface area contributed by atoms with Crippen molar-refractivity contribution in [3.8, 4) is 0 Å². The zero-order valence-corrected chi connectivity index (χ0v) is 15.1. The molecule has 0 aliphatic carbocycles. The van der Waals surface area contributed by atoms with Gasteiger partial charge in [0.05, 0.1) is 0 Å². The summed E-state index contributed by atoms with van der Waals surface area (Å²) in [5.74, 6) is 0.268. The summed E-state index contributed by atoms with van der Waals surface area (Å²) >= 11 is 3.48. The SMILES string of the molecule is CC1(c2ccccc2)CCN(C(=O)CCc2cccc(Br)c2)C1. The fourth-order valence-electron chi connectivity index (χ4n) is 3.35. The molecule has 120 valence electrons. The molecule has 0 radical (unpaired) electrons. The fourth-order valence-corrected chi connectivity index (χ4v) is 3.80. The van der Waals surface area contributed by atoms with Gasteiger partial charge in [0, 0.05) is 29.4 Å². The van der Waals surface area contributed by atoms with Gasteiger partial charge in [-0.15, -0.1) is 0 Å². The van der Waals surface area contributed by atoms with Gasteiger partial charge in [-0.2, -0.15) is 0 Å². The summed E-state index contributed by atoms with van der Waals surface area (Å²) in [6.45, 7) is 3.96. The van der Waals surface area contributed by atoms with E-state index in [4.69, 9.17) is 0 Å². The maximum absolute atomic E-state index is 12.5. The summed E-state index contributed by atoms with van der Waals surface area (Å²) in [4.78, 5) is 14.6. The topological polar surface area (TPSA) is 20.3 Å². The van der Waals surface area contributed by atoms with Crippen LogP contribution in [0.2, 0.25) is 0 Å². The van der Waals surface area contributed by atoms with E-state index in [1.54, 1.807) is 0 Å². The third-order valence-electron chi connectivity index (χ3n) is 4.81. The molecular formula is C20H22BrNO. The van der Waals surface area contributed by atoms with Crippen LogP contribution < -0.4 is 0 Å². The van der Waals surface area contributed by atoms with Gasteiger partial charge in [-0.1, -0.05) is 65.3 Å². The zero-order valence-electron chi connectivity index (χ0n) is 13.5. The van der Waals surface area contributed by atoms with Gasteiger partial charge in [-0.25, -0.2) is 0 Å². The van der Waals surface area contributed by atoms with Crippen LogP contribution in [0.5, 0.6) is 0 Å². The number of halogens is 1. The van der Waals surface area contributed by atoms with Crippen molar-refractivity contribution in [2.24, 2.45) is 0 Å². The molecule has 1 saturated heterocycles. The molecule has 3 rings (SSSR count). The first-order valence-corrected chi connectivity index (χ1v) is 8.94. The largest absolute Gasteiger partial charge is 0.342 e. The summed E-state index contributed by atoms with van der Waals surface area (Å²) in [6.07, 6.45) is 2.43. The lowest BCUT2D eigenvalue weighted by molar-refractivity contribution is -0.130. The van der Waals surface area contributed by atoms with E-state index in [1.807, 2.05) is 23.1 Å². The van der Waals surface area contributed by atoms with Crippen molar-refractivity contribution in [3.63, 3.8) is 0 Å². The van der Waals surface area contributed by atoms with Crippen molar-refractivity contribution in [1.82, 2.24) is 4.90 Å². The Balaban J connectivity index is 1.59. The maximum Gasteiger partial charge on any atom is 0.222 e. The molecule has 1 aliphatic heterocycles. The molecule has 3 heteroatoms. The zero-order chi connectivity index (χ0) is 16.3. The molecule has 23 heavy (non-hydrogen) atoms. The molecule has 1 amide bonds. The van der Waals surface area contributed by atoms with Gasteiger partial charge in [0.15, 0.2) is 0 Å². The van der Waals surface area contributed by atoms with Gasteiger partial charge in [0.1, 0.15) is 0 Å². The minimum Gasteiger partial charge on any atom is -0.342 e. The lowest BCUT2D eigenvalue weighted by Gasteiger charge is -2.25. The van der Waals surface area contributed by atoms with Crippen LogP contribution in [-0.2, 0) is 16.6 Å². The van der Waals surface area contributed by atoms with Crippen molar-refractivity contribution >= 4 is 21.8 Å². The molecule has 2 nitrogen and oxygen atoms in total. The number of nitrogens with zero attached hydrogens (tertiary/aromatic N) is 1. The highest BCUT2D eigenvalue weighted by Crippen LogP contribution is 2.34. The second kappa shape index (κ2) is 6.88. The molecular weight excluding hydrogens is 350 g/mol. The van der Waals surface area contributed by atoms with Crippen molar-refractivity contribution < 1.29 is 4.79 Å². The molecule has 0 aromatic heterocycles. The number of amides is 1. The van der Waals surface area contributed by atoms with E-state index >= 15 is 0 Å². The monoisotopic (exact) mass is 371 g/mol. The first kappa shape index (κ1) is 16.3. The number of hydrogen-bond acceptors (Lipinski definition) is 1. The van der Waals surface area contributed by atoms with Crippen molar-refractivity contribution in [1.29, 1.82) is 0 Å². The molecule has 0 bridgehead atoms. The van der Waals surface area contributed by atoms with Gasteiger partial charge in [0.2, 0.25) is 5.91 Å². The second-order valence-electron chi connectivity index (χ2n) is 6.62. The summed E-state index contributed by atoms with van der Waals surface area (Å²) in [5.41, 5.74) is 2.63. The Bertz CT molecular complexity index is 685. The van der Waals surface area contributed by atoms with E-state index in [0.717, 1.165) is 30.4 Å². The highest BCUT2D eigenvalue weighted by Gasteiger charge is 2.36. The number of benzene rings is 2. The van der Waals surface area contributed by atoms with Crippen LogP contribution in [0.3, 0.4) is 0 Å². The molecule has 1 unspecified atom stereocenters. The van der Waals surface area contributed by atoms with Gasteiger partial charge in [-0.3, -0.25) is 4.79 Å². The van der Waals surface area contributed by atoms with Crippen LogP contribution in [-0.4, -0.2) is 23.9 Å². The molecule has 1 heterocycles. The third kappa shape index (κ3) is 3.84. The Morgan fingerprint density at radius 1 is 1.17 bits per heavy atom. The minimum absolute atomic E-state index is 0.0900. The van der Waals surface area contributed by atoms with Gasteiger partial charge < -0.3 is 4.90 Å². The van der Waals surface area contributed by atoms with Crippen LogP contribution >= 0.6 is 15.9 Å². The number of hydrogen-bond donors (Lipinski definition) is 0. The first-order chi connectivity index (χ1) is 11.1. The smallest absolute Gasteiger partial charge is 0.222 e. The molecule has 1 aliphatic rings. The van der Waals surface area contributed by atoms with E-state index in [2.05, 4.69) is 59.3 Å². The Kier molecular flexibility index (Phi) is 4.86. The maximum atomic E-state index is 12.5. The molecule has 0 saturated carbocycles. The molecule has 0 spiro atoms. The van der Waals surface area contributed by atoms with Gasteiger partial charge >= 0.3 is 0 Å². The van der Waals surface area contributed by atoms with Gasteiger partial charge in [0.25, 0.3) is 0 Å². The van der Waals surface area contributed by atoms with Crippen molar-refractivity contribution in [2.45, 2.75) is 31.6 Å². The molecule has 1 atom stereocenters. The fraction of sp³-hybridized carbons (Fsp3) is 0.350. The predicted molar refractivity (Wildman–Crippen MR) is 97.5 cm³/mol. The highest BCUT2D eigenvalue weighted by atomic mass is 79.9. The van der Waals surface area contributed by atoms with Crippen LogP contribution in [0.4, 0.5) is 0 Å². The van der Waals surface area contributed by atoms with Crippen LogP contribution in [0.25, 0.3) is 0 Å². The lowest BCUT2D eigenvalue weighted by Crippen LogP contribution is -2.33. The first-order valence-electron chi connectivity index (χ1n) is 8.15. The van der Waals surface area contributed by atoms with Crippen molar-refractivity contribution in [2.75, 3.05) is 13.1 Å². The Hall–Kier alpha value is -1.61. The Labute approximate surface area is 146 Å². The summed E-state index contributed by atoms with van der Waals surface area (Å²) < 4.78 is 1.07. The third-order valence-corrected chi connectivity index (χ3v) is 5.31. The van der Waals surface area contributed by atoms with Crippen molar-refractivity contribution in [3.05, 3.63) is 70.2 Å². The van der Waals surface area contributed by atoms with E-state index in [-0.39, 0.29) is 11.3 Å². The van der Waals surface area contributed by atoms with E-state index < -0.39 is 0 Å². The number of likely N-dealkylation sites (tertiary alicyclic amines) is 1. The summed E-state index contributed by atoms with van der Waals surface area (Å²) in [5, 5.41) is 0. The molecule has 1 fully saturated rings. The Morgan fingerprint density at radius 3 is 2.70 bits per heavy atom. The van der Waals surface area contributed by atoms with Crippen LogP contribution in [0.15, 0.2) is 59.1 Å². The van der Waals surface area contributed by atoms with Crippen LogP contribution in [0.1, 0.15) is 30.9 Å². The number of carbonyl (C=O) groups is 1. The number of aryl methyl sites for hydroxylation is 1. The van der Waals surface area contributed by atoms with Crippen LogP contribution in [0, 0.1) is 0 Å². The molecule has 2 aromatic rings. The number of rotatable bonds is 4. The van der Waals surface area contributed by atoms with Gasteiger partial charge in [-0.05, 0) is 36.1 Å². The Morgan fingerprint density at radius 2 is 1.96 bits per heavy atom. The molecule has 0 N–H and O–H groups in total. The van der Waals surface area contributed by atoms with E-state index in [9.17, 15) is 4.79 Å². The normalized spacial score (nSPS) is 20.7. The predicted octanol–water partition coefficient (Wildman–Crippen LogP) is 4.57. The molecule has 2 aromatic carbocycles. The average Bonchev–Trinajstić information content (AvgIpc) is 2.97. The quantitative estimate of drug-likeness (QED) is 0.770. The summed E-state index contributed by atoms with van der Waals surface area (Å²) in [7, 11) is 0. The van der Waals surface area contributed by atoms with E-state index in [1.165, 1.54) is 11.1 Å².